The molecular formula is C36H30N4O8. The maximum atomic E-state index is 14.5. The number of non-ortho nitro benzene ring substituents is 1. The Hall–Kier alpha value is -6.01. The van der Waals surface area contributed by atoms with Crippen molar-refractivity contribution in [2.24, 2.45) is 11.8 Å². The lowest BCUT2D eigenvalue weighted by atomic mass is 9.76. The van der Waals surface area contributed by atoms with E-state index in [1.165, 1.54) is 25.3 Å². The van der Waals surface area contributed by atoms with Gasteiger partial charge in [-0.2, -0.15) is 0 Å². The smallest absolute Gasteiger partial charge is 0.325 e. The van der Waals surface area contributed by atoms with E-state index in [0.29, 0.717) is 22.6 Å². The number of nitro groups is 1. The highest BCUT2D eigenvalue weighted by molar-refractivity contribution is 6.24. The number of amides is 2. The van der Waals surface area contributed by atoms with Crippen LogP contribution in [0.4, 0.5) is 11.4 Å². The van der Waals surface area contributed by atoms with E-state index in [-0.39, 0.29) is 24.4 Å². The number of carbonyl (C=O) groups is 3. The van der Waals surface area contributed by atoms with Crippen molar-refractivity contribution >= 4 is 40.1 Å². The second-order valence-electron chi connectivity index (χ2n) is 11.9. The summed E-state index contributed by atoms with van der Waals surface area (Å²) < 4.78 is 12.0. The lowest BCUT2D eigenvalue weighted by Crippen LogP contribution is -2.57. The molecule has 0 aliphatic carbocycles. The molecule has 0 bridgehead atoms. The maximum Gasteiger partial charge on any atom is 0.325 e. The van der Waals surface area contributed by atoms with Crippen LogP contribution in [-0.2, 0) is 27.4 Å². The van der Waals surface area contributed by atoms with E-state index in [9.17, 15) is 29.6 Å². The van der Waals surface area contributed by atoms with Crippen molar-refractivity contribution in [1.82, 2.24) is 10.3 Å². The summed E-state index contributed by atoms with van der Waals surface area (Å²) in [5.41, 5.74) is 0.454. The average molecular weight is 647 g/mol. The molecule has 1 aromatic heterocycles. The third kappa shape index (κ3) is 4.94. The highest BCUT2D eigenvalue weighted by atomic mass is 16.6. The van der Waals surface area contributed by atoms with Crippen LogP contribution in [0.5, 0.6) is 11.5 Å². The summed E-state index contributed by atoms with van der Waals surface area (Å²) in [4.78, 5) is 57.5. The quantitative estimate of drug-likeness (QED) is 0.105. The van der Waals surface area contributed by atoms with Crippen molar-refractivity contribution in [1.29, 1.82) is 0 Å². The molecule has 2 saturated heterocycles. The number of hydrogen-bond acceptors (Lipinski definition) is 8. The highest BCUT2D eigenvalue weighted by Crippen LogP contribution is 2.53. The molecule has 12 heteroatoms. The summed E-state index contributed by atoms with van der Waals surface area (Å²) in [7, 11) is 1.48. The summed E-state index contributed by atoms with van der Waals surface area (Å²) in [6.45, 7) is 0.154. The van der Waals surface area contributed by atoms with E-state index in [1.54, 1.807) is 24.4 Å². The minimum Gasteiger partial charge on any atom is -0.493 e. The van der Waals surface area contributed by atoms with Crippen molar-refractivity contribution in [3.05, 3.63) is 130 Å². The van der Waals surface area contributed by atoms with Crippen molar-refractivity contribution in [3.8, 4) is 11.5 Å². The number of methoxy groups -OCH3 is 1. The maximum absolute atomic E-state index is 14.5. The van der Waals surface area contributed by atoms with Gasteiger partial charge in [0.05, 0.1) is 29.6 Å². The molecule has 3 N–H and O–H groups in total. The fourth-order valence-electron chi connectivity index (χ4n) is 7.11. The van der Waals surface area contributed by atoms with Gasteiger partial charge >= 0.3 is 5.97 Å². The third-order valence-corrected chi connectivity index (χ3v) is 9.27. The molecule has 0 saturated carbocycles. The van der Waals surface area contributed by atoms with E-state index in [4.69, 9.17) is 9.47 Å². The number of carboxylic acid groups (broad SMARTS) is 1. The molecule has 242 valence electrons. The number of nitrogens with zero attached hydrogens (tertiary/aromatic N) is 2. The molecule has 0 spiro atoms. The molecular weight excluding hydrogens is 616 g/mol. The zero-order valence-electron chi connectivity index (χ0n) is 25.7. The fraction of sp³-hybridized carbons (Fsp3) is 0.194. The van der Waals surface area contributed by atoms with Crippen LogP contribution >= 0.6 is 0 Å². The van der Waals surface area contributed by atoms with Crippen LogP contribution in [0.15, 0.2) is 103 Å². The van der Waals surface area contributed by atoms with Gasteiger partial charge in [0, 0.05) is 47.3 Å². The minimum absolute atomic E-state index is 0.00933. The largest absolute Gasteiger partial charge is 0.493 e. The number of nitro benzene ring substituents is 1. The van der Waals surface area contributed by atoms with Gasteiger partial charge in [-0.1, -0.05) is 66.7 Å². The molecule has 2 fully saturated rings. The number of imide groups is 1. The summed E-state index contributed by atoms with van der Waals surface area (Å²) in [6.07, 6.45) is 1.56. The monoisotopic (exact) mass is 646 g/mol. The van der Waals surface area contributed by atoms with E-state index in [2.05, 4.69) is 10.3 Å². The number of rotatable bonds is 10. The van der Waals surface area contributed by atoms with Crippen molar-refractivity contribution in [2.75, 3.05) is 12.0 Å². The van der Waals surface area contributed by atoms with E-state index in [0.717, 1.165) is 27.4 Å². The zero-order valence-corrected chi connectivity index (χ0v) is 25.7. The normalized spacial score (nSPS) is 21.8. The van der Waals surface area contributed by atoms with Gasteiger partial charge in [0.1, 0.15) is 12.1 Å². The predicted octanol–water partition coefficient (Wildman–Crippen LogP) is 5.18. The Bertz CT molecular complexity index is 2080. The number of aliphatic carboxylic acids is 1. The zero-order chi connectivity index (χ0) is 33.6. The molecule has 0 radical (unpaired) electrons. The number of benzene rings is 4. The number of aromatic amines is 1. The van der Waals surface area contributed by atoms with Gasteiger partial charge in [-0.15, -0.1) is 0 Å². The Morgan fingerprint density at radius 2 is 1.73 bits per heavy atom. The summed E-state index contributed by atoms with van der Waals surface area (Å²) >= 11 is 0. The number of para-hydroxylation sites is 2. The van der Waals surface area contributed by atoms with Gasteiger partial charge in [-0.25, -0.2) is 4.90 Å². The number of H-pyrrole nitrogens is 1. The first-order valence-electron chi connectivity index (χ1n) is 15.3. The lowest BCUT2D eigenvalue weighted by molar-refractivity contribution is -0.384. The SMILES string of the molecule is COc1cccc(C2NC(Cc3c[nH]c4ccccc34)(C(=O)O)C3C(=O)N(c4cccc([N+](=O)[O-])c4)C(=O)C23)c1OCc1ccccc1. The second-order valence-corrected chi connectivity index (χ2v) is 11.9. The van der Waals surface area contributed by atoms with Gasteiger partial charge in [-0.05, 0) is 29.3 Å². The number of carbonyl (C=O) groups excluding carboxylic acids is 2. The van der Waals surface area contributed by atoms with Crippen LogP contribution < -0.4 is 19.7 Å². The first-order valence-corrected chi connectivity index (χ1v) is 15.3. The lowest BCUT2D eigenvalue weighted by Gasteiger charge is -2.31. The molecule has 12 nitrogen and oxygen atoms in total. The van der Waals surface area contributed by atoms with Gasteiger partial charge < -0.3 is 19.6 Å². The Kier molecular flexibility index (Phi) is 7.64. The molecule has 48 heavy (non-hydrogen) atoms. The number of fused-ring (bicyclic) bond motifs is 2. The van der Waals surface area contributed by atoms with Crippen LogP contribution in [0.2, 0.25) is 0 Å². The Balaban J connectivity index is 1.38. The van der Waals surface area contributed by atoms with Crippen molar-refractivity contribution in [2.45, 2.75) is 24.6 Å². The first kappa shape index (κ1) is 30.6. The Morgan fingerprint density at radius 3 is 2.48 bits per heavy atom. The molecule has 4 unspecified atom stereocenters. The molecule has 4 atom stereocenters. The van der Waals surface area contributed by atoms with Crippen LogP contribution in [0.3, 0.4) is 0 Å². The van der Waals surface area contributed by atoms with Crippen LogP contribution in [-0.4, -0.2) is 45.4 Å². The summed E-state index contributed by atoms with van der Waals surface area (Å²) in [5.74, 6) is -4.69. The number of anilines is 1. The minimum atomic E-state index is -1.96. The van der Waals surface area contributed by atoms with Gasteiger partial charge in [-0.3, -0.25) is 29.8 Å². The summed E-state index contributed by atoms with van der Waals surface area (Å²) in [5, 5.41) is 26.7. The number of ether oxygens (including phenoxy) is 2. The molecule has 4 aromatic carbocycles. The predicted molar refractivity (Wildman–Crippen MR) is 175 cm³/mol. The van der Waals surface area contributed by atoms with Gasteiger partial charge in [0.15, 0.2) is 11.5 Å². The number of aromatic nitrogens is 1. The molecule has 7 rings (SSSR count). The van der Waals surface area contributed by atoms with E-state index >= 15 is 0 Å². The topological polar surface area (TPSA) is 164 Å². The second kappa shape index (κ2) is 12.0. The number of nitrogens with one attached hydrogen (secondary N) is 2. The fourth-order valence-corrected chi connectivity index (χ4v) is 7.11. The Labute approximate surface area is 274 Å². The molecule has 5 aromatic rings. The first-order chi connectivity index (χ1) is 23.2. The average Bonchev–Trinajstić information content (AvgIpc) is 3.75. The number of carboxylic acids is 1. The molecule has 2 aliphatic rings. The molecule has 2 aliphatic heterocycles. The highest BCUT2D eigenvalue weighted by Gasteiger charge is 2.69. The molecule has 3 heterocycles. The van der Waals surface area contributed by atoms with Crippen LogP contribution in [0.25, 0.3) is 10.9 Å². The van der Waals surface area contributed by atoms with Crippen LogP contribution in [0.1, 0.15) is 22.7 Å². The van der Waals surface area contributed by atoms with E-state index < -0.39 is 46.1 Å². The van der Waals surface area contributed by atoms with Gasteiger partial charge in [0.2, 0.25) is 11.8 Å². The third-order valence-electron chi connectivity index (χ3n) is 9.27. The van der Waals surface area contributed by atoms with E-state index in [1.807, 2.05) is 54.6 Å². The van der Waals surface area contributed by atoms with Crippen LogP contribution in [0, 0.1) is 22.0 Å². The number of hydrogen-bond donors (Lipinski definition) is 3. The van der Waals surface area contributed by atoms with Crippen molar-refractivity contribution in [3.63, 3.8) is 0 Å². The van der Waals surface area contributed by atoms with Gasteiger partial charge in [0.25, 0.3) is 5.69 Å². The Morgan fingerprint density at radius 1 is 0.979 bits per heavy atom. The standard InChI is InChI=1S/C36H30N4O8/c1-47-28-16-8-14-26(32(28)48-20-21-9-3-2-4-10-21)31-29-30(34(42)39(33(29)41)23-11-7-12-24(17-23)40(45)46)36(38-31,35(43)44)18-22-19-37-27-15-6-5-13-25(22)27/h2-17,19,29-31,37-38H,18,20H2,1H3,(H,43,44). The molecule has 2 amide bonds. The summed E-state index contributed by atoms with van der Waals surface area (Å²) in [6, 6.07) is 26.1. The van der Waals surface area contributed by atoms with Crippen molar-refractivity contribution < 1.29 is 33.9 Å².